The van der Waals surface area contributed by atoms with Crippen molar-refractivity contribution in [2.45, 2.75) is 91.9 Å². The van der Waals surface area contributed by atoms with Crippen molar-refractivity contribution in [2.24, 2.45) is 0 Å². The summed E-state index contributed by atoms with van der Waals surface area (Å²) >= 11 is 0. The molecule has 1 N–H and O–H groups in total. The Hall–Kier alpha value is -2.69. The summed E-state index contributed by atoms with van der Waals surface area (Å²) in [6.07, 6.45) is 15.7. The van der Waals surface area contributed by atoms with Crippen LogP contribution in [0.3, 0.4) is 0 Å². The van der Waals surface area contributed by atoms with E-state index in [-0.39, 0.29) is 17.1 Å². The number of fused-ring (bicyclic) bond motifs is 1. The molecule has 0 fully saturated rings. The Kier molecular flexibility index (Phi) is 12.4. The fourth-order valence-corrected chi connectivity index (χ4v) is 3.80. The predicted molar refractivity (Wildman–Crippen MR) is 140 cm³/mol. The molecule has 5 nitrogen and oxygen atoms in total. The topological polar surface area (TPSA) is 68.9 Å². The number of hydrogen-bond donors (Lipinski definition) is 1. The zero-order valence-electron chi connectivity index (χ0n) is 21.5. The number of ether oxygens (including phenoxy) is 2. The van der Waals surface area contributed by atoms with Crippen LogP contribution in [0, 0.1) is 0 Å². The molecule has 0 aliphatic heterocycles. The maximum atomic E-state index is 12.7. The first-order valence-corrected chi connectivity index (χ1v) is 12.8. The second-order valence-electron chi connectivity index (χ2n) is 9.21. The number of hydrogen-bond acceptors (Lipinski definition) is 5. The molecule has 0 aliphatic rings. The summed E-state index contributed by atoms with van der Waals surface area (Å²) in [4.78, 5) is 12.7. The number of benzene rings is 1. The number of phenolic OH excluding ortho intramolecular Hbond substituents is 1. The largest absolute Gasteiger partial charge is 0.504 e. The molecule has 2 rings (SSSR count). The Morgan fingerprint density at radius 1 is 0.941 bits per heavy atom. The van der Waals surface area contributed by atoms with Crippen LogP contribution >= 0.6 is 0 Å². The van der Waals surface area contributed by atoms with Crippen LogP contribution in [0.1, 0.15) is 91.9 Å². The molecule has 1 aromatic heterocycles. The van der Waals surface area contributed by atoms with Crippen molar-refractivity contribution in [3.63, 3.8) is 0 Å². The molecular weight excluding hydrogens is 428 g/mol. The van der Waals surface area contributed by atoms with E-state index < -0.39 is 5.63 Å². The highest BCUT2D eigenvalue weighted by Gasteiger charge is 2.19. The van der Waals surface area contributed by atoms with Gasteiger partial charge in [0.05, 0.1) is 12.0 Å². The van der Waals surface area contributed by atoms with Crippen LogP contribution in [0.15, 0.2) is 50.7 Å². The minimum Gasteiger partial charge on any atom is -0.504 e. The standard InChI is InChI=1S/C29H42O5/c1-5-6-7-8-9-10-11-12-20-32-28-27(33-21-19-23(4)16-13-15-22(2)3)24-17-14-18-25(30)26(24)34-29(28)31/h14-15,17-19,30H,5-13,16,20-21H2,1-4H3/b23-19+. The van der Waals surface area contributed by atoms with Crippen LogP contribution < -0.4 is 15.1 Å². The Morgan fingerprint density at radius 2 is 1.65 bits per heavy atom. The molecule has 2 aromatic rings. The SMILES string of the molecule is CCCCCCCCCCOc1c(OC/C=C(\C)CCC=C(C)C)c2cccc(O)c2oc1=O. The average molecular weight is 471 g/mol. The molecule has 0 spiro atoms. The first-order chi connectivity index (χ1) is 16.4. The second kappa shape index (κ2) is 15.3. The van der Waals surface area contributed by atoms with Crippen molar-refractivity contribution < 1.29 is 19.0 Å². The number of aromatic hydroxyl groups is 1. The molecule has 0 aliphatic carbocycles. The van der Waals surface area contributed by atoms with Crippen LogP contribution in [0.5, 0.6) is 17.2 Å². The third kappa shape index (κ3) is 9.28. The monoisotopic (exact) mass is 470 g/mol. The van der Waals surface area contributed by atoms with E-state index in [1.807, 2.05) is 6.08 Å². The van der Waals surface area contributed by atoms with Crippen molar-refractivity contribution >= 4 is 11.0 Å². The van der Waals surface area contributed by atoms with Crippen molar-refractivity contribution in [3.8, 4) is 17.2 Å². The van der Waals surface area contributed by atoms with E-state index in [1.165, 1.54) is 55.7 Å². The Labute approximate surface area is 204 Å². The van der Waals surface area contributed by atoms with Gasteiger partial charge in [0.25, 0.3) is 0 Å². The summed E-state index contributed by atoms with van der Waals surface area (Å²) in [5.74, 6) is 0.314. The number of phenols is 1. The molecule has 0 amide bonds. The Bertz CT molecular complexity index is 995. The molecule has 0 atom stereocenters. The summed E-state index contributed by atoms with van der Waals surface area (Å²) in [6.45, 7) is 9.23. The van der Waals surface area contributed by atoms with Gasteiger partial charge in [-0.05, 0) is 58.2 Å². The molecule has 1 aromatic carbocycles. The van der Waals surface area contributed by atoms with Gasteiger partial charge in [-0.1, -0.05) is 75.2 Å². The normalized spacial score (nSPS) is 11.6. The van der Waals surface area contributed by atoms with Gasteiger partial charge in [0, 0.05) is 0 Å². The molecule has 0 saturated heterocycles. The summed E-state index contributed by atoms with van der Waals surface area (Å²) in [5, 5.41) is 10.7. The molecular formula is C29H42O5. The first-order valence-electron chi connectivity index (χ1n) is 12.8. The highest BCUT2D eigenvalue weighted by molar-refractivity contribution is 5.89. The molecule has 5 heteroatoms. The van der Waals surface area contributed by atoms with E-state index >= 15 is 0 Å². The van der Waals surface area contributed by atoms with E-state index in [1.54, 1.807) is 12.1 Å². The summed E-state index contributed by atoms with van der Waals surface area (Å²) in [7, 11) is 0. The highest BCUT2D eigenvalue weighted by atomic mass is 16.5. The van der Waals surface area contributed by atoms with Gasteiger partial charge in [-0.25, -0.2) is 4.79 Å². The van der Waals surface area contributed by atoms with E-state index in [0.717, 1.165) is 25.7 Å². The molecule has 0 bridgehead atoms. The van der Waals surface area contributed by atoms with Crippen LogP contribution in [-0.2, 0) is 0 Å². The molecule has 34 heavy (non-hydrogen) atoms. The smallest absolute Gasteiger partial charge is 0.383 e. The third-order valence-electron chi connectivity index (χ3n) is 5.82. The summed E-state index contributed by atoms with van der Waals surface area (Å²) in [5.41, 5.74) is 2.01. The maximum Gasteiger partial charge on any atom is 0.383 e. The fraction of sp³-hybridized carbons (Fsp3) is 0.552. The quantitative estimate of drug-likeness (QED) is 0.152. The molecule has 1 heterocycles. The van der Waals surface area contributed by atoms with Gasteiger partial charge in [0.15, 0.2) is 17.1 Å². The lowest BCUT2D eigenvalue weighted by atomic mass is 10.1. The molecule has 188 valence electrons. The number of rotatable bonds is 16. The van der Waals surface area contributed by atoms with Gasteiger partial charge in [-0.2, -0.15) is 0 Å². The van der Waals surface area contributed by atoms with Crippen molar-refractivity contribution in [1.82, 2.24) is 0 Å². The van der Waals surface area contributed by atoms with Crippen molar-refractivity contribution in [1.29, 1.82) is 0 Å². The number of para-hydroxylation sites is 1. The van der Waals surface area contributed by atoms with Crippen LogP contribution in [0.2, 0.25) is 0 Å². The molecule has 0 unspecified atom stereocenters. The average Bonchev–Trinajstić information content (AvgIpc) is 2.79. The van der Waals surface area contributed by atoms with E-state index in [2.05, 4.69) is 33.8 Å². The van der Waals surface area contributed by atoms with Gasteiger partial charge in [0.2, 0.25) is 5.75 Å². The highest BCUT2D eigenvalue weighted by Crippen LogP contribution is 2.36. The Morgan fingerprint density at radius 3 is 2.35 bits per heavy atom. The lowest BCUT2D eigenvalue weighted by molar-refractivity contribution is 0.264. The number of unbranched alkanes of at least 4 members (excludes halogenated alkanes) is 7. The lowest BCUT2D eigenvalue weighted by Crippen LogP contribution is -2.11. The van der Waals surface area contributed by atoms with Crippen LogP contribution in [-0.4, -0.2) is 18.3 Å². The first kappa shape index (κ1) is 27.6. The minimum atomic E-state index is -0.632. The van der Waals surface area contributed by atoms with E-state index in [4.69, 9.17) is 13.9 Å². The van der Waals surface area contributed by atoms with Crippen molar-refractivity contribution in [3.05, 3.63) is 51.9 Å². The van der Waals surface area contributed by atoms with Gasteiger partial charge < -0.3 is 19.0 Å². The third-order valence-corrected chi connectivity index (χ3v) is 5.82. The second-order valence-corrected chi connectivity index (χ2v) is 9.21. The van der Waals surface area contributed by atoms with Gasteiger partial charge in [0.1, 0.15) is 6.61 Å². The van der Waals surface area contributed by atoms with Crippen molar-refractivity contribution in [2.75, 3.05) is 13.2 Å². The fourth-order valence-electron chi connectivity index (χ4n) is 3.80. The molecule has 0 saturated carbocycles. The molecule has 0 radical (unpaired) electrons. The van der Waals surface area contributed by atoms with Crippen LogP contribution in [0.25, 0.3) is 11.0 Å². The van der Waals surface area contributed by atoms with E-state index in [0.29, 0.717) is 24.3 Å². The van der Waals surface area contributed by atoms with Gasteiger partial charge in [-0.3, -0.25) is 0 Å². The minimum absolute atomic E-state index is 0.0802. The predicted octanol–water partition coefficient (Wildman–Crippen LogP) is 8.09. The lowest BCUT2D eigenvalue weighted by Gasteiger charge is -2.13. The van der Waals surface area contributed by atoms with Crippen LogP contribution in [0.4, 0.5) is 0 Å². The van der Waals surface area contributed by atoms with E-state index in [9.17, 15) is 9.90 Å². The summed E-state index contributed by atoms with van der Waals surface area (Å²) in [6, 6.07) is 4.96. The maximum absolute atomic E-state index is 12.7. The van der Waals surface area contributed by atoms with Gasteiger partial charge >= 0.3 is 5.63 Å². The summed E-state index contributed by atoms with van der Waals surface area (Å²) < 4.78 is 17.3. The Balaban J connectivity index is 2.04. The number of allylic oxidation sites excluding steroid dienone is 3. The van der Waals surface area contributed by atoms with Gasteiger partial charge in [-0.15, -0.1) is 0 Å². The zero-order chi connectivity index (χ0) is 24.8. The zero-order valence-corrected chi connectivity index (χ0v) is 21.5.